The maximum atomic E-state index is 11.7. The van der Waals surface area contributed by atoms with Gasteiger partial charge < -0.3 is 19.9 Å². The summed E-state index contributed by atoms with van der Waals surface area (Å²) in [5.41, 5.74) is 0. The lowest BCUT2D eigenvalue weighted by molar-refractivity contribution is -0.142. The molecule has 1 aromatic carbocycles. The van der Waals surface area contributed by atoms with Crippen LogP contribution in [-0.4, -0.2) is 43.3 Å². The number of carboxylic acids is 1. The number of methoxy groups -OCH3 is 1. The van der Waals surface area contributed by atoms with Crippen LogP contribution in [0, 0.1) is 0 Å². The standard InChI is InChI=1S/C14H18BrNO5/c1-20-7-3-6-12(14(18)19)16-13(17)9-21-11-5-2-4-10(15)8-11/h2,4-5,8,12H,3,6-7,9H2,1H3,(H,16,17)(H,18,19). The molecule has 0 saturated heterocycles. The Hall–Kier alpha value is -1.60. The fourth-order valence-electron chi connectivity index (χ4n) is 1.63. The summed E-state index contributed by atoms with van der Waals surface area (Å²) in [6.45, 7) is 0.221. The van der Waals surface area contributed by atoms with Crippen molar-refractivity contribution in [2.45, 2.75) is 18.9 Å². The fraction of sp³-hybridized carbons (Fsp3) is 0.429. The van der Waals surface area contributed by atoms with E-state index in [0.717, 1.165) is 4.47 Å². The molecule has 1 unspecified atom stereocenters. The van der Waals surface area contributed by atoms with Gasteiger partial charge in [-0.25, -0.2) is 4.79 Å². The van der Waals surface area contributed by atoms with Gasteiger partial charge in [0, 0.05) is 18.2 Å². The first-order chi connectivity index (χ1) is 10.0. The fourth-order valence-corrected chi connectivity index (χ4v) is 2.01. The molecule has 0 radical (unpaired) electrons. The second-order valence-corrected chi connectivity index (χ2v) is 5.26. The minimum atomic E-state index is -1.07. The number of nitrogens with one attached hydrogen (secondary N) is 1. The Labute approximate surface area is 131 Å². The van der Waals surface area contributed by atoms with Gasteiger partial charge in [0.2, 0.25) is 0 Å². The predicted molar refractivity (Wildman–Crippen MR) is 80.3 cm³/mol. The van der Waals surface area contributed by atoms with Gasteiger partial charge in [-0.3, -0.25) is 4.79 Å². The van der Waals surface area contributed by atoms with Crippen molar-refractivity contribution in [1.82, 2.24) is 5.32 Å². The summed E-state index contributed by atoms with van der Waals surface area (Å²) in [4.78, 5) is 22.8. The Bertz CT molecular complexity index is 480. The summed E-state index contributed by atoms with van der Waals surface area (Å²) >= 11 is 3.29. The Morgan fingerprint density at radius 2 is 2.19 bits per heavy atom. The first-order valence-corrected chi connectivity index (χ1v) is 7.21. The van der Waals surface area contributed by atoms with E-state index in [1.807, 2.05) is 6.07 Å². The molecule has 0 aliphatic rings. The number of benzene rings is 1. The Morgan fingerprint density at radius 1 is 1.43 bits per heavy atom. The molecule has 2 N–H and O–H groups in total. The van der Waals surface area contributed by atoms with Crippen molar-refractivity contribution in [2.24, 2.45) is 0 Å². The van der Waals surface area contributed by atoms with Crippen molar-refractivity contribution in [3.05, 3.63) is 28.7 Å². The highest BCUT2D eigenvalue weighted by atomic mass is 79.9. The molecule has 1 atom stereocenters. The minimum Gasteiger partial charge on any atom is -0.484 e. The highest BCUT2D eigenvalue weighted by molar-refractivity contribution is 9.10. The zero-order valence-corrected chi connectivity index (χ0v) is 13.3. The maximum absolute atomic E-state index is 11.7. The number of hydrogen-bond donors (Lipinski definition) is 2. The predicted octanol–water partition coefficient (Wildman–Crippen LogP) is 1.82. The van der Waals surface area contributed by atoms with E-state index in [0.29, 0.717) is 25.2 Å². The molecule has 0 aliphatic heterocycles. The first-order valence-electron chi connectivity index (χ1n) is 6.42. The summed E-state index contributed by atoms with van der Waals surface area (Å²) < 4.78 is 11.0. The van der Waals surface area contributed by atoms with Crippen molar-refractivity contribution in [3.8, 4) is 5.75 Å². The van der Waals surface area contributed by atoms with Crippen LogP contribution in [0.3, 0.4) is 0 Å². The topological polar surface area (TPSA) is 84.9 Å². The third-order valence-electron chi connectivity index (χ3n) is 2.64. The molecule has 7 heteroatoms. The van der Waals surface area contributed by atoms with Crippen molar-refractivity contribution in [2.75, 3.05) is 20.3 Å². The summed E-state index contributed by atoms with van der Waals surface area (Å²) in [6.07, 6.45) is 0.867. The molecule has 1 amide bonds. The zero-order valence-electron chi connectivity index (χ0n) is 11.7. The van der Waals surface area contributed by atoms with Crippen molar-refractivity contribution in [3.63, 3.8) is 0 Å². The van der Waals surface area contributed by atoms with E-state index >= 15 is 0 Å². The number of amides is 1. The Morgan fingerprint density at radius 3 is 2.81 bits per heavy atom. The van der Waals surface area contributed by atoms with E-state index in [1.165, 1.54) is 0 Å². The molecule has 0 fully saturated rings. The molecule has 0 heterocycles. The highest BCUT2D eigenvalue weighted by Gasteiger charge is 2.19. The number of rotatable bonds is 9. The van der Waals surface area contributed by atoms with Crippen LogP contribution in [-0.2, 0) is 14.3 Å². The second-order valence-electron chi connectivity index (χ2n) is 4.34. The van der Waals surface area contributed by atoms with E-state index in [2.05, 4.69) is 21.2 Å². The van der Waals surface area contributed by atoms with Crippen LogP contribution in [0.1, 0.15) is 12.8 Å². The molecule has 1 aromatic rings. The molecule has 0 bridgehead atoms. The monoisotopic (exact) mass is 359 g/mol. The SMILES string of the molecule is COCCCC(NC(=O)COc1cccc(Br)c1)C(=O)O. The largest absolute Gasteiger partial charge is 0.484 e. The number of carbonyl (C=O) groups is 2. The van der Waals surface area contributed by atoms with E-state index in [-0.39, 0.29) is 6.61 Å². The third kappa shape index (κ3) is 7.10. The van der Waals surface area contributed by atoms with E-state index in [9.17, 15) is 9.59 Å². The maximum Gasteiger partial charge on any atom is 0.326 e. The van der Waals surface area contributed by atoms with Gasteiger partial charge in [0.25, 0.3) is 5.91 Å². The normalized spacial score (nSPS) is 11.7. The van der Waals surface area contributed by atoms with E-state index in [4.69, 9.17) is 14.6 Å². The summed E-state index contributed by atoms with van der Waals surface area (Å²) in [5.74, 6) is -1.01. The van der Waals surface area contributed by atoms with Gasteiger partial charge in [-0.05, 0) is 31.0 Å². The minimum absolute atomic E-state index is 0.232. The summed E-state index contributed by atoms with van der Waals surface area (Å²) in [5, 5.41) is 11.5. The smallest absolute Gasteiger partial charge is 0.326 e. The summed E-state index contributed by atoms with van der Waals surface area (Å²) in [7, 11) is 1.54. The first kappa shape index (κ1) is 17.5. The molecule has 6 nitrogen and oxygen atoms in total. The van der Waals surface area contributed by atoms with Gasteiger partial charge in [-0.1, -0.05) is 22.0 Å². The molecule has 21 heavy (non-hydrogen) atoms. The van der Waals surface area contributed by atoms with Crippen LogP contribution in [0.5, 0.6) is 5.75 Å². The van der Waals surface area contributed by atoms with Crippen molar-refractivity contribution < 1.29 is 24.2 Å². The molecule has 0 aliphatic carbocycles. The van der Waals surface area contributed by atoms with E-state index < -0.39 is 17.9 Å². The van der Waals surface area contributed by atoms with Crippen molar-refractivity contribution >= 4 is 27.8 Å². The quantitative estimate of drug-likeness (QED) is 0.657. The molecular weight excluding hydrogens is 342 g/mol. The van der Waals surface area contributed by atoms with E-state index in [1.54, 1.807) is 25.3 Å². The summed E-state index contributed by atoms with van der Waals surface area (Å²) in [6, 6.07) is 6.12. The molecule has 0 aromatic heterocycles. The molecule has 0 spiro atoms. The van der Waals surface area contributed by atoms with Gasteiger partial charge in [0.15, 0.2) is 6.61 Å². The van der Waals surface area contributed by atoms with Crippen LogP contribution >= 0.6 is 15.9 Å². The third-order valence-corrected chi connectivity index (χ3v) is 3.13. The van der Waals surface area contributed by atoms with Gasteiger partial charge in [0.05, 0.1) is 0 Å². The molecule has 116 valence electrons. The van der Waals surface area contributed by atoms with Crippen LogP contribution in [0.15, 0.2) is 28.7 Å². The van der Waals surface area contributed by atoms with Crippen LogP contribution in [0.2, 0.25) is 0 Å². The second kappa shape index (κ2) is 9.36. The zero-order chi connectivity index (χ0) is 15.7. The Kier molecular flexibility index (Phi) is 7.78. The van der Waals surface area contributed by atoms with Crippen LogP contribution < -0.4 is 10.1 Å². The number of halogens is 1. The van der Waals surface area contributed by atoms with Crippen LogP contribution in [0.25, 0.3) is 0 Å². The van der Waals surface area contributed by atoms with Gasteiger partial charge in [0.1, 0.15) is 11.8 Å². The van der Waals surface area contributed by atoms with Gasteiger partial charge >= 0.3 is 5.97 Å². The number of carboxylic acid groups (broad SMARTS) is 1. The molecule has 0 saturated carbocycles. The Balaban J connectivity index is 2.41. The lowest BCUT2D eigenvalue weighted by Crippen LogP contribution is -2.43. The lowest BCUT2D eigenvalue weighted by Gasteiger charge is -2.14. The van der Waals surface area contributed by atoms with Crippen LogP contribution in [0.4, 0.5) is 0 Å². The highest BCUT2D eigenvalue weighted by Crippen LogP contribution is 2.17. The van der Waals surface area contributed by atoms with Gasteiger partial charge in [-0.2, -0.15) is 0 Å². The average Bonchev–Trinajstić information content (AvgIpc) is 2.44. The lowest BCUT2D eigenvalue weighted by atomic mass is 10.1. The molecule has 1 rings (SSSR count). The number of ether oxygens (including phenoxy) is 2. The number of hydrogen-bond acceptors (Lipinski definition) is 4. The number of carbonyl (C=O) groups excluding carboxylic acids is 1. The van der Waals surface area contributed by atoms with Gasteiger partial charge in [-0.15, -0.1) is 0 Å². The van der Waals surface area contributed by atoms with Crippen molar-refractivity contribution in [1.29, 1.82) is 0 Å². The molecular formula is C14H18BrNO5. The number of aliphatic carboxylic acids is 1. The average molecular weight is 360 g/mol.